The lowest BCUT2D eigenvalue weighted by molar-refractivity contribution is 0.397. The fourth-order valence-electron chi connectivity index (χ4n) is 1.97. The van der Waals surface area contributed by atoms with Crippen LogP contribution >= 0.6 is 15.9 Å². The van der Waals surface area contributed by atoms with Gasteiger partial charge in [0.2, 0.25) is 5.88 Å². The van der Waals surface area contributed by atoms with Crippen molar-refractivity contribution in [1.82, 2.24) is 4.98 Å². The molecule has 4 heteroatoms. The van der Waals surface area contributed by atoms with Crippen LogP contribution < -0.4 is 10.5 Å². The van der Waals surface area contributed by atoms with E-state index in [0.29, 0.717) is 5.88 Å². The monoisotopic (exact) mass is 320 g/mol. The van der Waals surface area contributed by atoms with Crippen LogP contribution in [0.15, 0.2) is 47.1 Å². The highest BCUT2D eigenvalue weighted by Crippen LogP contribution is 2.18. The topological polar surface area (TPSA) is 48.1 Å². The molecule has 3 nitrogen and oxygen atoms in total. The first-order valence-electron chi connectivity index (χ1n) is 6.17. The van der Waals surface area contributed by atoms with Crippen molar-refractivity contribution in [2.24, 2.45) is 5.73 Å². The highest BCUT2D eigenvalue weighted by Gasteiger charge is 2.08. The summed E-state index contributed by atoms with van der Waals surface area (Å²) >= 11 is 3.54. The summed E-state index contributed by atoms with van der Waals surface area (Å²) in [6, 6.07) is 12.1. The van der Waals surface area contributed by atoms with Gasteiger partial charge in [-0.2, -0.15) is 0 Å². The number of methoxy groups -OCH3 is 1. The summed E-state index contributed by atoms with van der Waals surface area (Å²) in [6.45, 7) is 0. The molecule has 1 aromatic heterocycles. The molecule has 0 amide bonds. The second-order valence-electron chi connectivity index (χ2n) is 4.47. The Hall–Kier alpha value is -1.39. The molecule has 0 saturated carbocycles. The first-order chi connectivity index (χ1) is 9.19. The van der Waals surface area contributed by atoms with E-state index in [1.54, 1.807) is 7.11 Å². The van der Waals surface area contributed by atoms with Crippen molar-refractivity contribution in [3.63, 3.8) is 0 Å². The van der Waals surface area contributed by atoms with Gasteiger partial charge in [0.15, 0.2) is 0 Å². The third-order valence-electron chi connectivity index (χ3n) is 2.94. The van der Waals surface area contributed by atoms with Crippen LogP contribution in [0.2, 0.25) is 0 Å². The fraction of sp³-hybridized carbons (Fsp3) is 0.267. The van der Waals surface area contributed by atoms with E-state index in [1.807, 2.05) is 36.5 Å². The Morgan fingerprint density at radius 1 is 1.21 bits per heavy atom. The van der Waals surface area contributed by atoms with Gasteiger partial charge in [-0.15, -0.1) is 0 Å². The van der Waals surface area contributed by atoms with Crippen LogP contribution in [0.3, 0.4) is 0 Å². The maximum Gasteiger partial charge on any atom is 0.212 e. The number of benzene rings is 1. The predicted octanol–water partition coefficient (Wildman–Crippen LogP) is 2.97. The number of ether oxygens (including phenoxy) is 1. The van der Waals surface area contributed by atoms with Gasteiger partial charge in [-0.1, -0.05) is 40.2 Å². The highest BCUT2D eigenvalue weighted by molar-refractivity contribution is 9.10. The molecule has 2 N–H and O–H groups in total. The van der Waals surface area contributed by atoms with Gasteiger partial charge in [0.25, 0.3) is 0 Å². The van der Waals surface area contributed by atoms with Crippen molar-refractivity contribution in [2.45, 2.75) is 18.9 Å². The average Bonchev–Trinajstić information content (AvgIpc) is 2.42. The smallest absolute Gasteiger partial charge is 0.212 e. The summed E-state index contributed by atoms with van der Waals surface area (Å²) < 4.78 is 6.15. The van der Waals surface area contributed by atoms with Crippen molar-refractivity contribution in [1.29, 1.82) is 0 Å². The van der Waals surface area contributed by atoms with Crippen LogP contribution in [-0.2, 0) is 12.8 Å². The summed E-state index contributed by atoms with van der Waals surface area (Å²) in [4.78, 5) is 4.19. The summed E-state index contributed by atoms with van der Waals surface area (Å²) in [6.07, 6.45) is 3.46. The molecule has 0 saturated heterocycles. The molecule has 2 rings (SSSR count). The van der Waals surface area contributed by atoms with Gasteiger partial charge in [0, 0.05) is 22.8 Å². The first kappa shape index (κ1) is 14.0. The Morgan fingerprint density at radius 3 is 2.63 bits per heavy atom. The van der Waals surface area contributed by atoms with Crippen LogP contribution in [0.4, 0.5) is 0 Å². The molecule has 100 valence electrons. The number of nitrogens with zero attached hydrogens (tertiary/aromatic N) is 1. The van der Waals surface area contributed by atoms with Crippen LogP contribution in [0, 0.1) is 0 Å². The molecule has 0 aliphatic carbocycles. The Balaban J connectivity index is 1.97. The van der Waals surface area contributed by atoms with Gasteiger partial charge < -0.3 is 10.5 Å². The van der Waals surface area contributed by atoms with Crippen molar-refractivity contribution in [2.75, 3.05) is 7.11 Å². The second-order valence-corrected chi connectivity index (χ2v) is 5.32. The number of aromatic nitrogens is 1. The summed E-state index contributed by atoms with van der Waals surface area (Å²) in [5.74, 6) is 0.628. The number of pyridine rings is 1. The van der Waals surface area contributed by atoms with E-state index in [0.717, 1.165) is 22.9 Å². The van der Waals surface area contributed by atoms with Crippen LogP contribution in [-0.4, -0.2) is 18.1 Å². The predicted molar refractivity (Wildman–Crippen MR) is 80.3 cm³/mol. The highest BCUT2D eigenvalue weighted by atomic mass is 79.9. The third kappa shape index (κ3) is 4.04. The summed E-state index contributed by atoms with van der Waals surface area (Å²) in [5, 5.41) is 0. The lowest BCUT2D eigenvalue weighted by Gasteiger charge is -2.13. The quantitative estimate of drug-likeness (QED) is 0.921. The van der Waals surface area contributed by atoms with E-state index in [2.05, 4.69) is 27.0 Å². The van der Waals surface area contributed by atoms with Gasteiger partial charge in [0.05, 0.1) is 7.11 Å². The summed E-state index contributed by atoms with van der Waals surface area (Å²) in [7, 11) is 1.61. The Morgan fingerprint density at radius 2 is 2.00 bits per heavy atom. The number of rotatable bonds is 5. The number of nitrogens with two attached hydrogens (primary N) is 1. The van der Waals surface area contributed by atoms with Gasteiger partial charge in [-0.25, -0.2) is 4.98 Å². The fourth-order valence-corrected chi connectivity index (χ4v) is 2.42. The Labute approximate surface area is 121 Å². The molecule has 2 aromatic rings. The lowest BCUT2D eigenvalue weighted by atomic mass is 10.0. The van der Waals surface area contributed by atoms with Gasteiger partial charge in [-0.05, 0) is 30.0 Å². The van der Waals surface area contributed by atoms with Gasteiger partial charge in [-0.3, -0.25) is 0 Å². The standard InChI is InChI=1S/C15H17BrN2O/c1-19-15-7-6-11(10-18-15)8-13(17)9-12-4-2-3-5-14(12)16/h2-7,10,13H,8-9,17H2,1H3. The Bertz CT molecular complexity index is 528. The number of halogens is 1. The van der Waals surface area contributed by atoms with Crippen molar-refractivity contribution in [3.05, 3.63) is 58.2 Å². The molecule has 19 heavy (non-hydrogen) atoms. The van der Waals surface area contributed by atoms with Gasteiger partial charge in [0.1, 0.15) is 0 Å². The van der Waals surface area contributed by atoms with E-state index in [9.17, 15) is 0 Å². The molecule has 0 aliphatic rings. The molecule has 0 bridgehead atoms. The molecular weight excluding hydrogens is 304 g/mol. The van der Waals surface area contributed by atoms with Crippen LogP contribution in [0.25, 0.3) is 0 Å². The third-order valence-corrected chi connectivity index (χ3v) is 3.72. The van der Waals surface area contributed by atoms with E-state index >= 15 is 0 Å². The first-order valence-corrected chi connectivity index (χ1v) is 6.96. The number of hydrogen-bond acceptors (Lipinski definition) is 3. The molecule has 0 spiro atoms. The molecule has 1 heterocycles. The Kier molecular flexibility index (Phi) is 4.93. The average molecular weight is 321 g/mol. The van der Waals surface area contributed by atoms with Crippen molar-refractivity contribution >= 4 is 15.9 Å². The SMILES string of the molecule is COc1ccc(CC(N)Cc2ccccc2Br)cn1. The molecule has 0 fully saturated rings. The lowest BCUT2D eigenvalue weighted by Crippen LogP contribution is -2.25. The van der Waals surface area contributed by atoms with E-state index in [4.69, 9.17) is 10.5 Å². The second kappa shape index (κ2) is 6.68. The molecule has 1 unspecified atom stereocenters. The zero-order chi connectivity index (χ0) is 13.7. The largest absolute Gasteiger partial charge is 0.481 e. The molecule has 1 atom stereocenters. The molecule has 0 radical (unpaired) electrons. The van der Waals surface area contributed by atoms with E-state index < -0.39 is 0 Å². The maximum absolute atomic E-state index is 6.20. The van der Waals surface area contributed by atoms with Crippen molar-refractivity contribution < 1.29 is 4.74 Å². The zero-order valence-corrected chi connectivity index (χ0v) is 12.4. The minimum atomic E-state index is 0.0777. The minimum Gasteiger partial charge on any atom is -0.481 e. The molecular formula is C15H17BrN2O. The van der Waals surface area contributed by atoms with Crippen LogP contribution in [0.1, 0.15) is 11.1 Å². The van der Waals surface area contributed by atoms with Crippen molar-refractivity contribution in [3.8, 4) is 5.88 Å². The minimum absolute atomic E-state index is 0.0777. The summed E-state index contributed by atoms with van der Waals surface area (Å²) in [5.41, 5.74) is 8.56. The normalized spacial score (nSPS) is 12.2. The molecule has 1 aromatic carbocycles. The van der Waals surface area contributed by atoms with E-state index in [1.165, 1.54) is 5.56 Å². The molecule has 0 aliphatic heterocycles. The number of hydrogen-bond donors (Lipinski definition) is 1. The van der Waals surface area contributed by atoms with E-state index in [-0.39, 0.29) is 6.04 Å². The van der Waals surface area contributed by atoms with Crippen LogP contribution in [0.5, 0.6) is 5.88 Å². The zero-order valence-electron chi connectivity index (χ0n) is 10.8. The maximum atomic E-state index is 6.20. The van der Waals surface area contributed by atoms with Gasteiger partial charge >= 0.3 is 0 Å².